The van der Waals surface area contributed by atoms with Crippen molar-refractivity contribution in [3.63, 3.8) is 0 Å². The Bertz CT molecular complexity index is 914. The van der Waals surface area contributed by atoms with Crippen LogP contribution in [-0.4, -0.2) is 18.8 Å². The number of rotatable bonds is 6. The van der Waals surface area contributed by atoms with Gasteiger partial charge in [-0.05, 0) is 136 Å². The Labute approximate surface area is 206 Å². The minimum atomic E-state index is -0.0462. The number of ether oxygens (including phenoxy) is 2. The van der Waals surface area contributed by atoms with Crippen molar-refractivity contribution >= 4 is 0 Å². The maximum absolute atomic E-state index is 6.89. The maximum Gasteiger partial charge on any atom is 0.128 e. The Hall–Kier alpha value is -1.02. The highest BCUT2D eigenvalue weighted by atomic mass is 16.6. The van der Waals surface area contributed by atoms with Gasteiger partial charge in [-0.15, -0.1) is 0 Å². The molecule has 1 atom stereocenters. The first kappa shape index (κ1) is 21.1. The lowest BCUT2D eigenvalue weighted by Gasteiger charge is -2.61. The minimum absolute atomic E-state index is 0.0462. The van der Waals surface area contributed by atoms with Crippen LogP contribution in [0.1, 0.15) is 102 Å². The molecule has 1 aliphatic heterocycles. The molecule has 184 valence electrons. The van der Waals surface area contributed by atoms with Crippen molar-refractivity contribution in [2.24, 2.45) is 41.4 Å². The number of hydrogen-bond acceptors (Lipinski definition) is 2. The third kappa shape index (κ3) is 3.02. The molecule has 0 amide bonds. The van der Waals surface area contributed by atoms with Gasteiger partial charge in [0.15, 0.2) is 0 Å². The highest BCUT2D eigenvalue weighted by Crippen LogP contribution is 2.66. The molecule has 1 heterocycles. The lowest BCUT2D eigenvalue weighted by molar-refractivity contribution is -0.0186. The third-order valence-corrected chi connectivity index (χ3v) is 12.2. The molecule has 1 aromatic carbocycles. The summed E-state index contributed by atoms with van der Waals surface area (Å²) < 4.78 is 12.9. The molecular weight excluding hydrogens is 416 g/mol. The van der Waals surface area contributed by atoms with Gasteiger partial charge in [-0.25, -0.2) is 0 Å². The van der Waals surface area contributed by atoms with E-state index in [9.17, 15) is 0 Å². The maximum atomic E-state index is 6.89. The van der Waals surface area contributed by atoms with Crippen LogP contribution in [0.25, 0.3) is 0 Å². The van der Waals surface area contributed by atoms with Gasteiger partial charge in [0.1, 0.15) is 18.0 Å². The van der Waals surface area contributed by atoms with Crippen molar-refractivity contribution in [2.75, 3.05) is 13.2 Å². The summed E-state index contributed by atoms with van der Waals surface area (Å²) in [7, 11) is 0. The fourth-order valence-corrected chi connectivity index (χ4v) is 11.4. The number of epoxide rings is 1. The summed E-state index contributed by atoms with van der Waals surface area (Å²) in [5, 5.41) is 0. The molecule has 8 aliphatic carbocycles. The van der Waals surface area contributed by atoms with Gasteiger partial charge in [-0.3, -0.25) is 0 Å². The normalized spacial score (nSPS) is 49.7. The Morgan fingerprint density at radius 2 is 1.24 bits per heavy atom. The first-order valence-electron chi connectivity index (χ1n) is 14.8. The van der Waals surface area contributed by atoms with Gasteiger partial charge in [-0.1, -0.05) is 26.0 Å². The molecule has 9 fully saturated rings. The molecule has 34 heavy (non-hydrogen) atoms. The van der Waals surface area contributed by atoms with E-state index in [1.54, 1.807) is 11.1 Å². The lowest BCUT2D eigenvalue weighted by Crippen LogP contribution is -2.52. The van der Waals surface area contributed by atoms with Crippen molar-refractivity contribution in [3.8, 4) is 5.75 Å². The van der Waals surface area contributed by atoms with E-state index >= 15 is 0 Å². The molecule has 0 N–H and O–H groups in total. The van der Waals surface area contributed by atoms with Gasteiger partial charge >= 0.3 is 0 Å². The molecule has 10 rings (SSSR count). The molecule has 8 saturated carbocycles. The molecule has 0 radical (unpaired) electrons. The van der Waals surface area contributed by atoms with Crippen LogP contribution >= 0.6 is 0 Å². The van der Waals surface area contributed by atoms with Gasteiger partial charge in [0, 0.05) is 11.0 Å². The van der Waals surface area contributed by atoms with E-state index in [0.717, 1.165) is 48.7 Å². The molecule has 0 spiro atoms. The fourth-order valence-electron chi connectivity index (χ4n) is 11.4. The van der Waals surface area contributed by atoms with E-state index in [1.165, 1.54) is 82.8 Å². The topological polar surface area (TPSA) is 21.8 Å². The molecule has 9 aliphatic rings. The van der Waals surface area contributed by atoms with Crippen LogP contribution in [-0.2, 0) is 15.6 Å². The summed E-state index contributed by atoms with van der Waals surface area (Å²) in [6.07, 6.45) is 17.8. The van der Waals surface area contributed by atoms with E-state index < -0.39 is 0 Å². The van der Waals surface area contributed by atoms with Crippen molar-refractivity contribution in [1.82, 2.24) is 0 Å². The molecule has 2 heteroatoms. The summed E-state index contributed by atoms with van der Waals surface area (Å²) in [5.41, 5.74) is 4.27. The predicted molar refractivity (Wildman–Crippen MR) is 135 cm³/mol. The molecule has 1 unspecified atom stereocenters. The first-order valence-corrected chi connectivity index (χ1v) is 14.8. The zero-order valence-electron chi connectivity index (χ0n) is 21.5. The summed E-state index contributed by atoms with van der Waals surface area (Å²) in [5.74, 6) is 7.65. The van der Waals surface area contributed by atoms with Crippen LogP contribution in [0.4, 0.5) is 0 Å². The molecule has 1 aromatic rings. The van der Waals surface area contributed by atoms with Crippen LogP contribution in [0.15, 0.2) is 18.2 Å². The second kappa shape index (κ2) is 7.05. The van der Waals surface area contributed by atoms with Gasteiger partial charge in [0.2, 0.25) is 0 Å². The van der Waals surface area contributed by atoms with Crippen LogP contribution in [0, 0.1) is 41.4 Å². The predicted octanol–water partition coefficient (Wildman–Crippen LogP) is 7.43. The Morgan fingerprint density at radius 1 is 0.765 bits per heavy atom. The van der Waals surface area contributed by atoms with Gasteiger partial charge in [0.05, 0.1) is 6.61 Å². The van der Waals surface area contributed by atoms with E-state index in [2.05, 4.69) is 32.0 Å². The van der Waals surface area contributed by atoms with Gasteiger partial charge in [-0.2, -0.15) is 0 Å². The summed E-state index contributed by atoms with van der Waals surface area (Å²) in [6.45, 7) is 6.19. The highest BCUT2D eigenvalue weighted by molar-refractivity contribution is 5.51. The Kier molecular flexibility index (Phi) is 4.38. The number of hydrogen-bond donors (Lipinski definition) is 0. The second-order valence-corrected chi connectivity index (χ2v) is 14.9. The van der Waals surface area contributed by atoms with Crippen LogP contribution in [0.2, 0.25) is 0 Å². The zero-order valence-corrected chi connectivity index (χ0v) is 21.5. The summed E-state index contributed by atoms with van der Waals surface area (Å²) in [6, 6.07) is 7.32. The largest absolute Gasteiger partial charge is 0.490 e. The van der Waals surface area contributed by atoms with Gasteiger partial charge in [0.25, 0.3) is 0 Å². The quantitative estimate of drug-likeness (QED) is 0.412. The molecule has 1 saturated heterocycles. The van der Waals surface area contributed by atoms with Gasteiger partial charge < -0.3 is 9.47 Å². The van der Waals surface area contributed by atoms with Crippen molar-refractivity contribution in [3.05, 3.63) is 29.3 Å². The number of benzene rings is 1. The average molecular weight is 461 g/mol. The second-order valence-electron chi connectivity index (χ2n) is 14.9. The van der Waals surface area contributed by atoms with E-state index in [1.807, 2.05) is 0 Å². The Balaban J connectivity index is 1.25. The Morgan fingerprint density at radius 3 is 1.68 bits per heavy atom. The van der Waals surface area contributed by atoms with Crippen molar-refractivity contribution in [1.29, 1.82) is 0 Å². The summed E-state index contributed by atoms with van der Waals surface area (Å²) >= 11 is 0. The smallest absolute Gasteiger partial charge is 0.128 e. The summed E-state index contributed by atoms with van der Waals surface area (Å²) in [4.78, 5) is 0. The van der Waals surface area contributed by atoms with Crippen LogP contribution in [0.5, 0.6) is 5.75 Å². The third-order valence-electron chi connectivity index (χ3n) is 12.2. The lowest BCUT2D eigenvalue weighted by atomic mass is 9.44. The van der Waals surface area contributed by atoms with Crippen molar-refractivity contribution < 1.29 is 9.47 Å². The van der Waals surface area contributed by atoms with Crippen LogP contribution in [0.3, 0.4) is 0 Å². The minimum Gasteiger partial charge on any atom is -0.490 e. The monoisotopic (exact) mass is 460 g/mol. The molecule has 8 bridgehead atoms. The average Bonchev–Trinajstić information content (AvgIpc) is 3.57. The fraction of sp³-hybridized carbons (Fsp3) is 0.812. The van der Waals surface area contributed by atoms with Crippen molar-refractivity contribution in [2.45, 2.75) is 107 Å². The zero-order chi connectivity index (χ0) is 22.7. The SMILES string of the molecule is CC(C)C1(COc2cccc(C34CC5CC(CC(C5)C3)C4)c2C23CC4CC(CC(C4)C2)C3)CO1. The van der Waals surface area contributed by atoms with E-state index in [-0.39, 0.29) is 5.60 Å². The molecular formula is C32H44O2. The first-order chi connectivity index (χ1) is 16.4. The van der Waals surface area contributed by atoms with E-state index in [0.29, 0.717) is 16.7 Å². The van der Waals surface area contributed by atoms with Crippen LogP contribution < -0.4 is 4.74 Å². The highest BCUT2D eigenvalue weighted by Gasteiger charge is 2.57. The molecule has 2 nitrogen and oxygen atoms in total. The van der Waals surface area contributed by atoms with E-state index in [4.69, 9.17) is 9.47 Å². The standard InChI is InChI=1S/C32H44O2/c1-20(2)32(19-34-32)18-33-28-5-3-4-27(30-12-21-6-22(13-30)8-23(7-21)14-30)29(28)31-15-24-9-25(16-31)11-26(10-24)17-31/h3-5,20-26H,6-19H2,1-2H3. The molecule has 0 aromatic heterocycles.